The molecule has 1 aromatic heterocycles. The highest BCUT2D eigenvalue weighted by Gasteiger charge is 2.68. The van der Waals surface area contributed by atoms with Gasteiger partial charge in [-0.15, -0.1) is 0 Å². The second kappa shape index (κ2) is 5.27. The molecule has 6 heteroatoms. The lowest BCUT2D eigenvalue weighted by Gasteiger charge is -2.37. The minimum Gasteiger partial charge on any atom is -0.353 e. The lowest BCUT2D eigenvalue weighted by atomic mass is 9.67. The normalized spacial score (nSPS) is 27.0. The third-order valence-electron chi connectivity index (χ3n) is 6.03. The number of amides is 1. The summed E-state index contributed by atoms with van der Waals surface area (Å²) in [5.41, 5.74) is 0.269. The minimum atomic E-state index is -0.775. The average Bonchev–Trinajstić information content (AvgIpc) is 2.95. The molecule has 124 valence electrons. The molecular formula is C18H21N5O. The van der Waals surface area contributed by atoms with E-state index in [1.165, 1.54) is 0 Å². The zero-order valence-electron chi connectivity index (χ0n) is 14.5. The zero-order valence-corrected chi connectivity index (χ0v) is 14.5. The van der Waals surface area contributed by atoms with Crippen molar-refractivity contribution in [2.75, 3.05) is 0 Å². The van der Waals surface area contributed by atoms with Crippen molar-refractivity contribution in [2.24, 2.45) is 5.41 Å². The Balaban J connectivity index is 2.20. The molecule has 0 radical (unpaired) electrons. The molecule has 3 rings (SSSR count). The highest BCUT2D eigenvalue weighted by atomic mass is 16.2. The van der Waals surface area contributed by atoms with Gasteiger partial charge in [-0.1, -0.05) is 20.8 Å². The van der Waals surface area contributed by atoms with Crippen LogP contribution in [0.3, 0.4) is 0 Å². The standard InChI is InChI=1S/C18H21N5O/c1-5-10(2)21-16(24)18-7-6-11(17(18,3)4)14-15(18)23-13(9-20)12(8-19)22-14/h10-11H,5-7H2,1-4H3,(H,21,24). The molecule has 0 aliphatic heterocycles. The summed E-state index contributed by atoms with van der Waals surface area (Å²) in [5, 5.41) is 21.6. The van der Waals surface area contributed by atoms with Crippen molar-refractivity contribution >= 4 is 5.91 Å². The smallest absolute Gasteiger partial charge is 0.233 e. The summed E-state index contributed by atoms with van der Waals surface area (Å²) in [6, 6.07) is 3.97. The second-order valence-corrected chi connectivity index (χ2v) is 7.38. The van der Waals surface area contributed by atoms with Gasteiger partial charge in [0.25, 0.3) is 0 Å². The van der Waals surface area contributed by atoms with Gasteiger partial charge in [-0.25, -0.2) is 9.97 Å². The van der Waals surface area contributed by atoms with E-state index in [0.29, 0.717) is 12.1 Å². The van der Waals surface area contributed by atoms with Gasteiger partial charge in [-0.05, 0) is 31.6 Å². The van der Waals surface area contributed by atoms with Crippen LogP contribution in [0.15, 0.2) is 0 Å². The van der Waals surface area contributed by atoms with Crippen LogP contribution in [0.5, 0.6) is 0 Å². The Morgan fingerprint density at radius 2 is 1.96 bits per heavy atom. The van der Waals surface area contributed by atoms with Crippen LogP contribution in [-0.2, 0) is 10.2 Å². The monoisotopic (exact) mass is 323 g/mol. The molecule has 1 fully saturated rings. The number of nitriles is 2. The Labute approximate surface area is 141 Å². The summed E-state index contributed by atoms with van der Waals surface area (Å²) >= 11 is 0. The predicted molar refractivity (Wildman–Crippen MR) is 86.8 cm³/mol. The SMILES string of the molecule is CCC(C)NC(=O)C12CCC(c3nc(C#N)c(C#N)nc31)C2(C)C. The fourth-order valence-electron chi connectivity index (χ4n) is 4.37. The minimum absolute atomic E-state index is 0.00955. The number of nitrogens with one attached hydrogen (secondary N) is 1. The summed E-state index contributed by atoms with van der Waals surface area (Å²) < 4.78 is 0. The van der Waals surface area contributed by atoms with E-state index in [1.807, 2.05) is 26.0 Å². The first-order chi connectivity index (χ1) is 11.3. The van der Waals surface area contributed by atoms with E-state index in [9.17, 15) is 15.3 Å². The Kier molecular flexibility index (Phi) is 3.60. The molecule has 0 aromatic carbocycles. The predicted octanol–water partition coefficient (Wildman–Crippen LogP) is 2.29. The van der Waals surface area contributed by atoms with Gasteiger partial charge in [0.1, 0.15) is 12.1 Å². The molecule has 2 aliphatic rings. The van der Waals surface area contributed by atoms with E-state index < -0.39 is 5.41 Å². The van der Waals surface area contributed by atoms with E-state index in [0.717, 1.165) is 18.5 Å². The van der Waals surface area contributed by atoms with Gasteiger partial charge in [0.2, 0.25) is 5.91 Å². The quantitative estimate of drug-likeness (QED) is 0.919. The summed E-state index contributed by atoms with van der Waals surface area (Å²) in [6.45, 7) is 8.15. The van der Waals surface area contributed by atoms with E-state index in [-0.39, 0.29) is 34.7 Å². The highest BCUT2D eigenvalue weighted by Crippen LogP contribution is 2.67. The molecule has 6 nitrogen and oxygen atoms in total. The molecule has 0 spiro atoms. The fourth-order valence-corrected chi connectivity index (χ4v) is 4.37. The van der Waals surface area contributed by atoms with Gasteiger partial charge in [0.05, 0.1) is 16.8 Å². The molecular weight excluding hydrogens is 302 g/mol. The number of rotatable bonds is 3. The van der Waals surface area contributed by atoms with E-state index in [1.54, 1.807) is 0 Å². The third kappa shape index (κ3) is 1.83. The molecule has 0 saturated heterocycles. The molecule has 3 unspecified atom stereocenters. The van der Waals surface area contributed by atoms with Crippen molar-refractivity contribution in [2.45, 2.75) is 64.3 Å². The van der Waals surface area contributed by atoms with Crippen molar-refractivity contribution in [1.29, 1.82) is 10.5 Å². The Morgan fingerprint density at radius 1 is 1.33 bits per heavy atom. The van der Waals surface area contributed by atoms with Crippen LogP contribution in [0.4, 0.5) is 0 Å². The summed E-state index contributed by atoms with van der Waals surface area (Å²) in [7, 11) is 0. The van der Waals surface area contributed by atoms with Gasteiger partial charge < -0.3 is 5.32 Å². The van der Waals surface area contributed by atoms with Gasteiger partial charge in [-0.3, -0.25) is 4.79 Å². The maximum absolute atomic E-state index is 13.2. The topological polar surface area (TPSA) is 102 Å². The van der Waals surface area contributed by atoms with Crippen LogP contribution < -0.4 is 5.32 Å². The first-order valence-corrected chi connectivity index (χ1v) is 8.37. The van der Waals surface area contributed by atoms with Gasteiger partial charge in [0.15, 0.2) is 11.4 Å². The first-order valence-electron chi connectivity index (χ1n) is 8.37. The lowest BCUT2D eigenvalue weighted by Crippen LogP contribution is -2.52. The fraction of sp³-hybridized carbons (Fsp3) is 0.611. The molecule has 24 heavy (non-hydrogen) atoms. The van der Waals surface area contributed by atoms with Crippen LogP contribution in [0.1, 0.15) is 75.7 Å². The van der Waals surface area contributed by atoms with Crippen molar-refractivity contribution in [1.82, 2.24) is 15.3 Å². The Bertz CT molecular complexity index is 801. The first kappa shape index (κ1) is 16.4. The van der Waals surface area contributed by atoms with Crippen molar-refractivity contribution < 1.29 is 4.79 Å². The molecule has 1 amide bonds. The van der Waals surface area contributed by atoms with Gasteiger partial charge in [0, 0.05) is 12.0 Å². The number of aromatic nitrogens is 2. The maximum Gasteiger partial charge on any atom is 0.233 e. The van der Waals surface area contributed by atoms with Crippen LogP contribution in [0.25, 0.3) is 0 Å². The van der Waals surface area contributed by atoms with E-state index in [2.05, 4.69) is 29.1 Å². The zero-order chi connectivity index (χ0) is 17.7. The lowest BCUT2D eigenvalue weighted by molar-refractivity contribution is -0.130. The van der Waals surface area contributed by atoms with Crippen LogP contribution in [0.2, 0.25) is 0 Å². The molecule has 1 saturated carbocycles. The van der Waals surface area contributed by atoms with Crippen molar-refractivity contribution in [3.05, 3.63) is 22.8 Å². The average molecular weight is 323 g/mol. The van der Waals surface area contributed by atoms with Crippen LogP contribution in [-0.4, -0.2) is 21.9 Å². The molecule has 2 bridgehead atoms. The summed E-state index contributed by atoms with van der Waals surface area (Å²) in [5.74, 6) is 0.0496. The van der Waals surface area contributed by atoms with Gasteiger partial charge >= 0.3 is 0 Å². The highest BCUT2D eigenvalue weighted by molar-refractivity contribution is 5.91. The number of fused-ring (bicyclic) bond motifs is 5. The Morgan fingerprint density at radius 3 is 2.54 bits per heavy atom. The second-order valence-electron chi connectivity index (χ2n) is 7.38. The number of carbonyl (C=O) groups excluding carboxylic acids is 1. The largest absolute Gasteiger partial charge is 0.353 e. The molecule has 1 N–H and O–H groups in total. The van der Waals surface area contributed by atoms with E-state index in [4.69, 9.17) is 0 Å². The maximum atomic E-state index is 13.2. The Hall–Kier alpha value is -2.47. The summed E-state index contributed by atoms with van der Waals surface area (Å²) in [6.07, 6.45) is 2.39. The number of hydrogen-bond acceptors (Lipinski definition) is 5. The molecule has 1 aromatic rings. The van der Waals surface area contributed by atoms with Crippen molar-refractivity contribution in [3.63, 3.8) is 0 Å². The van der Waals surface area contributed by atoms with Crippen LogP contribution in [0, 0.1) is 28.1 Å². The number of carbonyl (C=O) groups is 1. The molecule has 3 atom stereocenters. The number of hydrogen-bond donors (Lipinski definition) is 1. The molecule has 2 aliphatic carbocycles. The summed E-state index contributed by atoms with van der Waals surface area (Å²) in [4.78, 5) is 22.1. The van der Waals surface area contributed by atoms with Crippen LogP contribution >= 0.6 is 0 Å². The van der Waals surface area contributed by atoms with E-state index >= 15 is 0 Å². The third-order valence-corrected chi connectivity index (χ3v) is 6.03. The van der Waals surface area contributed by atoms with Gasteiger partial charge in [-0.2, -0.15) is 10.5 Å². The van der Waals surface area contributed by atoms with Crippen molar-refractivity contribution in [3.8, 4) is 12.1 Å². The number of nitrogens with zero attached hydrogens (tertiary/aromatic N) is 4. The molecule has 1 heterocycles.